The van der Waals surface area contributed by atoms with Crippen LogP contribution < -0.4 is 10.2 Å². The highest BCUT2D eigenvalue weighted by Crippen LogP contribution is 2.22. The topological polar surface area (TPSA) is 99.7 Å². The molecule has 2 aliphatic rings. The van der Waals surface area contributed by atoms with E-state index in [1.54, 1.807) is 12.3 Å². The van der Waals surface area contributed by atoms with Crippen LogP contribution in [0.5, 0.6) is 0 Å². The Morgan fingerprint density at radius 3 is 2.85 bits per heavy atom. The third-order valence-electron chi connectivity index (χ3n) is 5.40. The SMILES string of the molecule is N#Cc1ccc(N2CCC(C(=O)NCCc3nnc4n3CCC4)CC2)nc1. The fourth-order valence-corrected chi connectivity index (χ4v) is 3.85. The minimum absolute atomic E-state index is 0.0451. The molecule has 1 N–H and O–H groups in total. The van der Waals surface area contributed by atoms with Crippen LogP contribution in [0.2, 0.25) is 0 Å². The molecule has 140 valence electrons. The fraction of sp³-hybridized carbons (Fsp3) is 0.526. The highest BCUT2D eigenvalue weighted by molar-refractivity contribution is 5.78. The van der Waals surface area contributed by atoms with Crippen LogP contribution in [0.1, 0.15) is 36.5 Å². The van der Waals surface area contributed by atoms with Gasteiger partial charge in [0.05, 0.1) is 5.56 Å². The molecule has 4 rings (SSSR count). The van der Waals surface area contributed by atoms with Gasteiger partial charge in [0.25, 0.3) is 0 Å². The summed E-state index contributed by atoms with van der Waals surface area (Å²) in [6.07, 6.45) is 6.09. The molecule has 4 heterocycles. The van der Waals surface area contributed by atoms with E-state index in [2.05, 4.69) is 36.0 Å². The predicted octanol–water partition coefficient (Wildman–Crippen LogP) is 1.07. The molecule has 8 nitrogen and oxygen atoms in total. The molecule has 27 heavy (non-hydrogen) atoms. The number of anilines is 1. The van der Waals surface area contributed by atoms with E-state index in [0.29, 0.717) is 12.1 Å². The molecule has 2 aromatic heterocycles. The van der Waals surface area contributed by atoms with E-state index in [1.165, 1.54) is 0 Å². The largest absolute Gasteiger partial charge is 0.357 e. The Bertz CT molecular complexity index is 844. The third-order valence-corrected chi connectivity index (χ3v) is 5.40. The molecule has 1 saturated heterocycles. The number of aromatic nitrogens is 4. The van der Waals surface area contributed by atoms with Gasteiger partial charge in [0.2, 0.25) is 5.91 Å². The number of amides is 1. The molecule has 0 aromatic carbocycles. The van der Waals surface area contributed by atoms with Crippen LogP contribution in [0.4, 0.5) is 5.82 Å². The van der Waals surface area contributed by atoms with E-state index in [4.69, 9.17) is 5.26 Å². The van der Waals surface area contributed by atoms with Crippen molar-refractivity contribution in [2.75, 3.05) is 24.5 Å². The molecule has 2 aliphatic heterocycles. The van der Waals surface area contributed by atoms with E-state index in [1.807, 2.05) is 6.07 Å². The van der Waals surface area contributed by atoms with Crippen LogP contribution in [0.15, 0.2) is 18.3 Å². The van der Waals surface area contributed by atoms with Crippen LogP contribution in [0.3, 0.4) is 0 Å². The molecule has 0 atom stereocenters. The Labute approximate surface area is 158 Å². The Morgan fingerprint density at radius 1 is 1.26 bits per heavy atom. The summed E-state index contributed by atoms with van der Waals surface area (Å²) in [6.45, 7) is 3.20. The Hall–Kier alpha value is -2.95. The molecular formula is C19H23N7O. The van der Waals surface area contributed by atoms with Gasteiger partial charge in [-0.2, -0.15) is 5.26 Å². The quantitative estimate of drug-likeness (QED) is 0.851. The number of hydrogen-bond acceptors (Lipinski definition) is 6. The normalized spacial score (nSPS) is 16.8. The van der Waals surface area contributed by atoms with E-state index in [9.17, 15) is 4.79 Å². The molecular weight excluding hydrogens is 342 g/mol. The van der Waals surface area contributed by atoms with Crippen LogP contribution in [-0.2, 0) is 24.2 Å². The van der Waals surface area contributed by atoms with E-state index in [0.717, 1.165) is 69.2 Å². The highest BCUT2D eigenvalue weighted by Gasteiger charge is 2.25. The summed E-state index contributed by atoms with van der Waals surface area (Å²) in [7, 11) is 0. The van der Waals surface area contributed by atoms with Gasteiger partial charge in [0.1, 0.15) is 23.5 Å². The van der Waals surface area contributed by atoms with E-state index < -0.39 is 0 Å². The number of carbonyl (C=O) groups excluding carboxylic acids is 1. The first-order valence-electron chi connectivity index (χ1n) is 9.54. The maximum absolute atomic E-state index is 12.5. The molecule has 0 bridgehead atoms. The monoisotopic (exact) mass is 365 g/mol. The first kappa shape index (κ1) is 17.5. The fourth-order valence-electron chi connectivity index (χ4n) is 3.85. The summed E-state index contributed by atoms with van der Waals surface area (Å²) in [4.78, 5) is 19.0. The average molecular weight is 365 g/mol. The lowest BCUT2D eigenvalue weighted by Crippen LogP contribution is -2.41. The van der Waals surface area contributed by atoms with Gasteiger partial charge in [0.15, 0.2) is 0 Å². The number of hydrogen-bond donors (Lipinski definition) is 1. The smallest absolute Gasteiger partial charge is 0.223 e. The molecule has 2 aromatic rings. The van der Waals surface area contributed by atoms with Gasteiger partial charge in [-0.3, -0.25) is 4.79 Å². The van der Waals surface area contributed by atoms with Gasteiger partial charge in [-0.25, -0.2) is 4.98 Å². The minimum atomic E-state index is 0.0451. The summed E-state index contributed by atoms with van der Waals surface area (Å²) < 4.78 is 2.18. The van der Waals surface area contributed by atoms with Gasteiger partial charge in [-0.05, 0) is 31.4 Å². The zero-order valence-corrected chi connectivity index (χ0v) is 15.3. The predicted molar refractivity (Wildman–Crippen MR) is 98.9 cm³/mol. The lowest BCUT2D eigenvalue weighted by molar-refractivity contribution is -0.125. The average Bonchev–Trinajstić information content (AvgIpc) is 3.33. The second-order valence-corrected chi connectivity index (χ2v) is 7.11. The van der Waals surface area contributed by atoms with Crippen LogP contribution in [-0.4, -0.2) is 45.3 Å². The minimum Gasteiger partial charge on any atom is -0.357 e. The van der Waals surface area contributed by atoms with Crippen molar-refractivity contribution in [2.45, 2.75) is 38.6 Å². The summed E-state index contributed by atoms with van der Waals surface area (Å²) in [5.74, 6) is 3.09. The van der Waals surface area contributed by atoms with Crippen LogP contribution in [0.25, 0.3) is 0 Å². The number of nitrogens with one attached hydrogen (secondary N) is 1. The number of rotatable bonds is 5. The first-order valence-corrected chi connectivity index (χ1v) is 9.54. The molecule has 0 unspecified atom stereocenters. The Morgan fingerprint density at radius 2 is 2.11 bits per heavy atom. The molecule has 0 saturated carbocycles. The van der Waals surface area contributed by atoms with Crippen LogP contribution in [0, 0.1) is 17.2 Å². The second kappa shape index (κ2) is 7.74. The number of piperidine rings is 1. The zero-order chi connectivity index (χ0) is 18.6. The molecule has 1 fully saturated rings. The maximum atomic E-state index is 12.5. The Kier molecular flexibility index (Phi) is 5.01. The number of pyridine rings is 1. The van der Waals surface area contributed by atoms with Crippen molar-refractivity contribution in [1.29, 1.82) is 5.26 Å². The Balaban J connectivity index is 1.23. The number of nitrogens with zero attached hydrogens (tertiary/aromatic N) is 6. The van der Waals surface area contributed by atoms with E-state index in [-0.39, 0.29) is 11.8 Å². The second-order valence-electron chi connectivity index (χ2n) is 7.11. The van der Waals surface area contributed by atoms with Crippen LogP contribution >= 0.6 is 0 Å². The van der Waals surface area contributed by atoms with Crippen molar-refractivity contribution in [3.8, 4) is 6.07 Å². The van der Waals surface area contributed by atoms with Gasteiger partial charge >= 0.3 is 0 Å². The van der Waals surface area contributed by atoms with Crippen molar-refractivity contribution in [2.24, 2.45) is 5.92 Å². The highest BCUT2D eigenvalue weighted by atomic mass is 16.1. The van der Waals surface area contributed by atoms with Crippen molar-refractivity contribution >= 4 is 11.7 Å². The molecule has 0 aliphatic carbocycles. The maximum Gasteiger partial charge on any atom is 0.223 e. The summed E-state index contributed by atoms with van der Waals surface area (Å²) in [6, 6.07) is 5.73. The number of fused-ring (bicyclic) bond motifs is 1. The molecule has 1 amide bonds. The van der Waals surface area contributed by atoms with Gasteiger partial charge < -0.3 is 14.8 Å². The summed E-state index contributed by atoms with van der Waals surface area (Å²) in [5.41, 5.74) is 0.561. The molecule has 0 spiro atoms. The lowest BCUT2D eigenvalue weighted by Gasteiger charge is -2.32. The summed E-state index contributed by atoms with van der Waals surface area (Å²) in [5, 5.41) is 20.4. The molecule has 0 radical (unpaired) electrons. The standard InChI is InChI=1S/C19H23N7O/c20-12-14-3-4-16(22-13-14)25-10-6-15(7-11-25)19(27)21-8-5-18-24-23-17-2-1-9-26(17)18/h3-4,13,15H,1-2,5-11H2,(H,21,27). The van der Waals surface area contributed by atoms with E-state index >= 15 is 0 Å². The summed E-state index contributed by atoms with van der Waals surface area (Å²) >= 11 is 0. The van der Waals surface area contributed by atoms with Gasteiger partial charge in [-0.1, -0.05) is 0 Å². The third kappa shape index (κ3) is 3.77. The number of nitriles is 1. The van der Waals surface area contributed by atoms with Gasteiger partial charge in [-0.15, -0.1) is 10.2 Å². The van der Waals surface area contributed by atoms with Crippen molar-refractivity contribution in [1.82, 2.24) is 25.1 Å². The van der Waals surface area contributed by atoms with Crippen molar-refractivity contribution < 1.29 is 4.79 Å². The lowest BCUT2D eigenvalue weighted by atomic mass is 9.96. The number of aryl methyl sites for hydroxylation is 1. The first-order chi connectivity index (χ1) is 13.2. The zero-order valence-electron chi connectivity index (χ0n) is 15.3. The van der Waals surface area contributed by atoms with Gasteiger partial charge in [0, 0.05) is 51.1 Å². The molecule has 8 heteroatoms. The van der Waals surface area contributed by atoms with Crippen molar-refractivity contribution in [3.63, 3.8) is 0 Å². The number of carbonyl (C=O) groups is 1. The van der Waals surface area contributed by atoms with Crippen molar-refractivity contribution in [3.05, 3.63) is 35.5 Å².